The number of alkyl halides is 3. The van der Waals surface area contributed by atoms with E-state index in [1.807, 2.05) is 4.57 Å². The standard InChI is InChI=1S/C28H27F3N8O3/c1-38-12-19(28(29,30)31)35-25(38)18-6-4-16(5-7-18)13-42-27-22-24(34-15-39(22)10-11-40-2)36-23(37-27)20-21(17-8-9-17)32-14-33-26(20)41-3/h4-7,12,14-15,17H,8-11,13H2,1-3H3. The van der Waals surface area contributed by atoms with Gasteiger partial charge in [-0.15, -0.1) is 0 Å². The predicted octanol–water partition coefficient (Wildman–Crippen LogP) is 4.81. The van der Waals surface area contributed by atoms with Crippen molar-refractivity contribution in [2.45, 2.75) is 38.1 Å². The predicted molar refractivity (Wildman–Crippen MR) is 145 cm³/mol. The lowest BCUT2D eigenvalue weighted by molar-refractivity contribution is -0.140. The Labute approximate surface area is 238 Å². The molecule has 0 unspecified atom stereocenters. The van der Waals surface area contributed by atoms with Gasteiger partial charge in [-0.2, -0.15) is 18.2 Å². The Bertz CT molecular complexity index is 1730. The van der Waals surface area contributed by atoms with Crippen LogP contribution in [-0.4, -0.2) is 59.9 Å². The van der Waals surface area contributed by atoms with Gasteiger partial charge >= 0.3 is 6.18 Å². The van der Waals surface area contributed by atoms with Crippen molar-refractivity contribution >= 4 is 11.2 Å². The molecule has 1 saturated carbocycles. The molecule has 0 aliphatic heterocycles. The summed E-state index contributed by atoms with van der Waals surface area (Å²) >= 11 is 0. The van der Waals surface area contributed by atoms with Crippen LogP contribution in [-0.2, 0) is 31.1 Å². The van der Waals surface area contributed by atoms with E-state index in [2.05, 4.69) is 19.9 Å². The van der Waals surface area contributed by atoms with Gasteiger partial charge in [-0.25, -0.2) is 24.9 Å². The first-order chi connectivity index (χ1) is 20.3. The summed E-state index contributed by atoms with van der Waals surface area (Å²) in [5, 5.41) is 0. The summed E-state index contributed by atoms with van der Waals surface area (Å²) in [6.07, 6.45) is 1.61. The number of rotatable bonds is 10. The number of aromatic nitrogens is 8. The van der Waals surface area contributed by atoms with E-state index in [0.717, 1.165) is 30.3 Å². The highest BCUT2D eigenvalue weighted by atomic mass is 19.4. The van der Waals surface area contributed by atoms with E-state index in [-0.39, 0.29) is 18.3 Å². The second-order valence-corrected chi connectivity index (χ2v) is 9.92. The van der Waals surface area contributed by atoms with E-state index in [9.17, 15) is 13.2 Å². The maximum atomic E-state index is 13.1. The molecule has 4 aromatic heterocycles. The van der Waals surface area contributed by atoms with Gasteiger partial charge in [-0.05, 0) is 18.4 Å². The van der Waals surface area contributed by atoms with Gasteiger partial charge < -0.3 is 23.3 Å². The lowest BCUT2D eigenvalue weighted by atomic mass is 10.1. The van der Waals surface area contributed by atoms with Gasteiger partial charge in [0.15, 0.2) is 22.7 Å². The molecular formula is C28H27F3N8O3. The average molecular weight is 581 g/mol. The molecule has 11 nitrogen and oxygen atoms in total. The number of halogens is 3. The lowest BCUT2D eigenvalue weighted by Crippen LogP contribution is -2.08. The van der Waals surface area contributed by atoms with Gasteiger partial charge in [0.1, 0.15) is 24.3 Å². The van der Waals surface area contributed by atoms with E-state index >= 15 is 0 Å². The maximum absolute atomic E-state index is 13.1. The molecule has 0 radical (unpaired) electrons. The zero-order chi connectivity index (χ0) is 29.4. The van der Waals surface area contributed by atoms with E-state index in [1.165, 1.54) is 25.1 Å². The van der Waals surface area contributed by atoms with Gasteiger partial charge in [0.25, 0.3) is 0 Å². The fraction of sp³-hybridized carbons (Fsp3) is 0.357. The molecule has 0 atom stereocenters. The molecule has 1 aromatic carbocycles. The molecule has 1 aliphatic rings. The summed E-state index contributed by atoms with van der Waals surface area (Å²) in [6.45, 7) is 1.09. The van der Waals surface area contributed by atoms with Crippen molar-refractivity contribution in [3.8, 4) is 34.5 Å². The van der Waals surface area contributed by atoms with Crippen molar-refractivity contribution in [3.63, 3.8) is 0 Å². The normalized spacial score (nSPS) is 13.6. The molecule has 0 spiro atoms. The second kappa shape index (κ2) is 11.0. The minimum atomic E-state index is -4.52. The van der Waals surface area contributed by atoms with Crippen LogP contribution in [0.4, 0.5) is 13.2 Å². The summed E-state index contributed by atoms with van der Waals surface area (Å²) in [5.41, 5.74) is 2.85. The molecule has 1 fully saturated rings. The van der Waals surface area contributed by atoms with Crippen LogP contribution in [0.3, 0.4) is 0 Å². The average Bonchev–Trinajstić information content (AvgIpc) is 3.63. The zero-order valence-corrected chi connectivity index (χ0v) is 23.1. The molecule has 0 amide bonds. The van der Waals surface area contributed by atoms with Crippen LogP contribution >= 0.6 is 0 Å². The molecule has 218 valence electrons. The Balaban J connectivity index is 1.33. The third-order valence-corrected chi connectivity index (χ3v) is 6.95. The number of imidazole rings is 2. The van der Waals surface area contributed by atoms with Crippen LogP contribution in [0.25, 0.3) is 33.9 Å². The first-order valence-corrected chi connectivity index (χ1v) is 13.2. The number of fused-ring (bicyclic) bond motifs is 1. The molecule has 0 bridgehead atoms. The summed E-state index contributed by atoms with van der Waals surface area (Å²) in [7, 11) is 4.68. The Kier molecular flexibility index (Phi) is 7.22. The summed E-state index contributed by atoms with van der Waals surface area (Å²) in [4.78, 5) is 26.6. The van der Waals surface area contributed by atoms with Crippen LogP contribution < -0.4 is 9.47 Å². The topological polar surface area (TPSA) is 115 Å². The van der Waals surface area contributed by atoms with E-state index in [1.54, 1.807) is 37.7 Å². The first-order valence-electron chi connectivity index (χ1n) is 13.2. The summed E-state index contributed by atoms with van der Waals surface area (Å²) in [5.74, 6) is 1.52. The van der Waals surface area contributed by atoms with Crippen molar-refractivity contribution < 1.29 is 27.4 Å². The Morgan fingerprint density at radius 1 is 0.976 bits per heavy atom. The number of nitrogens with zero attached hydrogens (tertiary/aromatic N) is 8. The molecule has 14 heteroatoms. The van der Waals surface area contributed by atoms with Crippen LogP contribution in [0.2, 0.25) is 0 Å². The van der Waals surface area contributed by atoms with E-state index in [4.69, 9.17) is 24.2 Å². The Morgan fingerprint density at radius 2 is 1.76 bits per heavy atom. The number of hydrogen-bond acceptors (Lipinski definition) is 9. The summed E-state index contributed by atoms with van der Waals surface area (Å²) in [6, 6.07) is 6.97. The van der Waals surface area contributed by atoms with E-state index < -0.39 is 11.9 Å². The monoisotopic (exact) mass is 580 g/mol. The fourth-order valence-corrected chi connectivity index (χ4v) is 4.70. The molecule has 42 heavy (non-hydrogen) atoms. The Hall–Kier alpha value is -4.59. The third kappa shape index (κ3) is 5.36. The highest BCUT2D eigenvalue weighted by Crippen LogP contribution is 2.45. The number of methoxy groups -OCH3 is 2. The van der Waals surface area contributed by atoms with Gasteiger partial charge in [-0.1, -0.05) is 24.3 Å². The molecule has 0 N–H and O–H groups in total. The molecule has 6 rings (SSSR count). The number of ether oxygens (including phenoxy) is 3. The SMILES string of the molecule is COCCn1cnc2nc(-c3c(OC)ncnc3C3CC3)nc(OCc3ccc(-c4nc(C(F)(F)F)cn4C)cc3)c21. The van der Waals surface area contributed by atoms with Crippen LogP contribution in [0, 0.1) is 0 Å². The van der Waals surface area contributed by atoms with Gasteiger partial charge in [0, 0.05) is 38.4 Å². The molecular weight excluding hydrogens is 553 g/mol. The maximum Gasteiger partial charge on any atom is 0.434 e. The van der Waals surface area contributed by atoms with Crippen LogP contribution in [0.15, 0.2) is 43.1 Å². The van der Waals surface area contributed by atoms with Crippen molar-refractivity contribution in [1.82, 2.24) is 39.0 Å². The van der Waals surface area contributed by atoms with Crippen molar-refractivity contribution in [2.75, 3.05) is 20.8 Å². The zero-order valence-electron chi connectivity index (χ0n) is 23.1. The van der Waals surface area contributed by atoms with Crippen molar-refractivity contribution in [2.24, 2.45) is 7.05 Å². The summed E-state index contributed by atoms with van der Waals surface area (Å²) < 4.78 is 59.6. The van der Waals surface area contributed by atoms with Gasteiger partial charge in [0.05, 0.1) is 25.7 Å². The molecule has 0 saturated heterocycles. The Morgan fingerprint density at radius 3 is 2.43 bits per heavy atom. The molecule has 1 aliphatic carbocycles. The van der Waals surface area contributed by atoms with Crippen LogP contribution in [0.1, 0.15) is 35.7 Å². The molecule has 4 heterocycles. The third-order valence-electron chi connectivity index (χ3n) is 6.95. The quantitative estimate of drug-likeness (QED) is 0.229. The van der Waals surface area contributed by atoms with Crippen molar-refractivity contribution in [3.05, 3.63) is 60.1 Å². The first kappa shape index (κ1) is 27.6. The minimum absolute atomic E-state index is 0.133. The lowest BCUT2D eigenvalue weighted by Gasteiger charge is -2.14. The smallest absolute Gasteiger partial charge is 0.434 e. The second-order valence-electron chi connectivity index (χ2n) is 9.92. The van der Waals surface area contributed by atoms with E-state index in [0.29, 0.717) is 53.0 Å². The minimum Gasteiger partial charge on any atom is -0.480 e. The van der Waals surface area contributed by atoms with Gasteiger partial charge in [0.2, 0.25) is 11.8 Å². The molecule has 5 aromatic rings. The van der Waals surface area contributed by atoms with Crippen LogP contribution in [0.5, 0.6) is 11.8 Å². The number of benzene rings is 1. The number of aryl methyl sites for hydroxylation is 1. The largest absolute Gasteiger partial charge is 0.480 e. The number of hydrogen-bond donors (Lipinski definition) is 0. The highest BCUT2D eigenvalue weighted by molar-refractivity contribution is 5.80. The van der Waals surface area contributed by atoms with Crippen molar-refractivity contribution in [1.29, 1.82) is 0 Å². The highest BCUT2D eigenvalue weighted by Gasteiger charge is 2.35. The fourth-order valence-electron chi connectivity index (χ4n) is 4.70. The van der Waals surface area contributed by atoms with Gasteiger partial charge in [-0.3, -0.25) is 0 Å².